The maximum absolute atomic E-state index is 3.85. The first-order chi connectivity index (χ1) is 7.42. The fourth-order valence-electron chi connectivity index (χ4n) is 2.04. The van der Waals surface area contributed by atoms with E-state index in [-0.39, 0.29) is 0 Å². The van der Waals surface area contributed by atoms with Gasteiger partial charge in [0.1, 0.15) is 0 Å². The van der Waals surface area contributed by atoms with Crippen LogP contribution in [0.25, 0.3) is 0 Å². The largest absolute Gasteiger partial charge is 0.0882 e. The quantitative estimate of drug-likeness (QED) is 0.488. The van der Waals surface area contributed by atoms with Crippen LogP contribution in [-0.2, 0) is 0 Å². The van der Waals surface area contributed by atoms with Gasteiger partial charge in [0.15, 0.2) is 0 Å². The number of allylic oxidation sites excluding steroid dienone is 2. The van der Waals surface area contributed by atoms with Crippen LogP contribution in [0, 0.1) is 12.8 Å². The van der Waals surface area contributed by atoms with Gasteiger partial charge in [-0.15, -0.1) is 0 Å². The van der Waals surface area contributed by atoms with Crippen molar-refractivity contribution in [2.75, 3.05) is 0 Å². The van der Waals surface area contributed by atoms with Crippen LogP contribution in [0.15, 0.2) is 42.5 Å². The van der Waals surface area contributed by atoms with Gasteiger partial charge in [0.25, 0.3) is 0 Å². The average Bonchev–Trinajstić information content (AvgIpc) is 3.05. The second kappa shape index (κ2) is 5.16. The van der Waals surface area contributed by atoms with Gasteiger partial charge in [0.2, 0.25) is 0 Å². The van der Waals surface area contributed by atoms with Gasteiger partial charge in [0.05, 0.1) is 0 Å². The zero-order valence-electron chi connectivity index (χ0n) is 9.23. The summed E-state index contributed by atoms with van der Waals surface area (Å²) in [5, 5.41) is 0. The summed E-state index contributed by atoms with van der Waals surface area (Å²) in [5.74, 6) is 1.60. The molecule has 1 aliphatic carbocycles. The van der Waals surface area contributed by atoms with E-state index in [2.05, 4.69) is 49.4 Å². The molecule has 0 amide bonds. The lowest BCUT2D eigenvalue weighted by molar-refractivity contribution is 0.858. The van der Waals surface area contributed by atoms with Crippen LogP contribution in [0.4, 0.5) is 0 Å². The number of hydrogen-bond donors (Lipinski definition) is 0. The number of benzene rings is 1. The summed E-state index contributed by atoms with van der Waals surface area (Å²) in [6, 6.07) is 10.8. The van der Waals surface area contributed by atoms with Crippen molar-refractivity contribution < 1.29 is 0 Å². The van der Waals surface area contributed by atoms with Gasteiger partial charge in [-0.2, -0.15) is 0 Å². The first kappa shape index (κ1) is 10.5. The Morgan fingerprint density at radius 3 is 2.80 bits per heavy atom. The second-order valence-corrected chi connectivity index (χ2v) is 4.34. The zero-order valence-corrected chi connectivity index (χ0v) is 9.23. The molecule has 0 saturated heterocycles. The Balaban J connectivity index is 1.79. The Labute approximate surface area is 93.0 Å². The van der Waals surface area contributed by atoms with Gasteiger partial charge in [0, 0.05) is 0 Å². The molecule has 0 unspecified atom stereocenters. The van der Waals surface area contributed by atoms with E-state index >= 15 is 0 Å². The highest BCUT2D eigenvalue weighted by molar-refractivity contribution is 5.28. The Morgan fingerprint density at radius 1 is 1.27 bits per heavy atom. The van der Waals surface area contributed by atoms with Crippen molar-refractivity contribution in [3.63, 3.8) is 0 Å². The number of rotatable bonds is 5. The van der Waals surface area contributed by atoms with Gasteiger partial charge in [-0.3, -0.25) is 0 Å². The highest BCUT2D eigenvalue weighted by Gasteiger charge is 2.35. The first-order valence-corrected chi connectivity index (χ1v) is 5.92. The molecule has 2 atom stereocenters. The van der Waals surface area contributed by atoms with Crippen LogP contribution >= 0.6 is 0 Å². The standard InChI is InChI=1S/C15H19/c1-2-3-4-6-11-14-12-15(14)13-9-7-5-8-10-13/h5-11,14-15H,1-4,12H2/b11-6+/t14-,15+/m0/s1. The molecule has 0 aromatic heterocycles. The molecule has 0 bridgehead atoms. The normalized spacial score (nSPS) is 24.6. The molecule has 2 rings (SSSR count). The molecule has 0 spiro atoms. The van der Waals surface area contributed by atoms with E-state index in [4.69, 9.17) is 0 Å². The predicted octanol–water partition coefficient (Wildman–Crippen LogP) is 4.35. The molecule has 0 nitrogen and oxygen atoms in total. The molecule has 1 aromatic carbocycles. The lowest BCUT2D eigenvalue weighted by atomic mass is 10.1. The van der Waals surface area contributed by atoms with Crippen LogP contribution in [0.1, 0.15) is 37.2 Å². The summed E-state index contributed by atoms with van der Waals surface area (Å²) < 4.78 is 0. The summed E-state index contributed by atoms with van der Waals surface area (Å²) in [5.41, 5.74) is 1.50. The van der Waals surface area contributed by atoms with Crippen molar-refractivity contribution in [3.05, 3.63) is 55.0 Å². The van der Waals surface area contributed by atoms with E-state index in [1.165, 1.54) is 24.8 Å². The van der Waals surface area contributed by atoms with Crippen molar-refractivity contribution in [2.24, 2.45) is 5.92 Å². The molecule has 0 N–H and O–H groups in total. The minimum Gasteiger partial charge on any atom is -0.0882 e. The third kappa shape index (κ3) is 2.95. The van der Waals surface area contributed by atoms with Crippen LogP contribution in [0.2, 0.25) is 0 Å². The molecule has 1 aromatic rings. The van der Waals surface area contributed by atoms with E-state index in [1.54, 1.807) is 0 Å². The number of unbranched alkanes of at least 4 members (excludes halogenated alkanes) is 2. The second-order valence-electron chi connectivity index (χ2n) is 4.34. The molecule has 0 heteroatoms. The van der Waals surface area contributed by atoms with E-state index in [0.717, 1.165) is 18.3 Å². The maximum Gasteiger partial charge on any atom is -0.00930 e. The highest BCUT2D eigenvalue weighted by Crippen LogP contribution is 2.48. The molecule has 1 saturated carbocycles. The summed E-state index contributed by atoms with van der Waals surface area (Å²) in [6.45, 7) is 3.85. The van der Waals surface area contributed by atoms with Crippen molar-refractivity contribution in [1.82, 2.24) is 0 Å². The summed E-state index contributed by atoms with van der Waals surface area (Å²) in [6.07, 6.45) is 9.54. The third-order valence-electron chi connectivity index (χ3n) is 3.07. The monoisotopic (exact) mass is 199 g/mol. The molecule has 0 heterocycles. The van der Waals surface area contributed by atoms with Gasteiger partial charge in [-0.1, -0.05) is 55.8 Å². The lowest BCUT2D eigenvalue weighted by Crippen LogP contribution is -1.79. The van der Waals surface area contributed by atoms with E-state index in [0.29, 0.717) is 0 Å². The Morgan fingerprint density at radius 2 is 2.07 bits per heavy atom. The molecule has 1 radical (unpaired) electrons. The van der Waals surface area contributed by atoms with Crippen LogP contribution in [-0.4, -0.2) is 0 Å². The third-order valence-corrected chi connectivity index (χ3v) is 3.07. The first-order valence-electron chi connectivity index (χ1n) is 5.92. The Hall–Kier alpha value is -1.04. The smallest absolute Gasteiger partial charge is 0.00930 e. The predicted molar refractivity (Wildman–Crippen MR) is 65.6 cm³/mol. The summed E-state index contributed by atoms with van der Waals surface area (Å²) in [7, 11) is 0. The Kier molecular flexibility index (Phi) is 3.60. The number of hydrogen-bond acceptors (Lipinski definition) is 0. The van der Waals surface area contributed by atoms with Crippen molar-refractivity contribution in [3.8, 4) is 0 Å². The van der Waals surface area contributed by atoms with E-state index in [1.807, 2.05) is 0 Å². The summed E-state index contributed by atoms with van der Waals surface area (Å²) in [4.78, 5) is 0. The van der Waals surface area contributed by atoms with Crippen LogP contribution in [0.3, 0.4) is 0 Å². The van der Waals surface area contributed by atoms with Crippen LogP contribution < -0.4 is 0 Å². The molecule has 1 fully saturated rings. The molecular formula is C15H19. The fraction of sp³-hybridized carbons (Fsp3) is 0.400. The van der Waals surface area contributed by atoms with Gasteiger partial charge >= 0.3 is 0 Å². The zero-order chi connectivity index (χ0) is 10.5. The highest BCUT2D eigenvalue weighted by atomic mass is 14.4. The fourth-order valence-corrected chi connectivity index (χ4v) is 2.04. The van der Waals surface area contributed by atoms with Gasteiger partial charge in [-0.25, -0.2) is 0 Å². The molecule has 79 valence electrons. The van der Waals surface area contributed by atoms with E-state index in [9.17, 15) is 0 Å². The lowest BCUT2D eigenvalue weighted by Gasteiger charge is -1.96. The Bertz CT molecular complexity index is 310. The van der Waals surface area contributed by atoms with Gasteiger partial charge < -0.3 is 0 Å². The topological polar surface area (TPSA) is 0 Å². The van der Waals surface area contributed by atoms with E-state index < -0.39 is 0 Å². The minimum absolute atomic E-state index is 0.794. The minimum atomic E-state index is 0.794. The molecular weight excluding hydrogens is 180 g/mol. The molecule has 1 aliphatic rings. The van der Waals surface area contributed by atoms with Crippen molar-refractivity contribution in [2.45, 2.75) is 31.6 Å². The molecule has 0 aliphatic heterocycles. The van der Waals surface area contributed by atoms with Gasteiger partial charge in [-0.05, 0) is 36.7 Å². The van der Waals surface area contributed by atoms with Crippen LogP contribution in [0.5, 0.6) is 0 Å². The average molecular weight is 199 g/mol. The van der Waals surface area contributed by atoms with Crippen molar-refractivity contribution >= 4 is 0 Å². The van der Waals surface area contributed by atoms with Crippen molar-refractivity contribution in [1.29, 1.82) is 0 Å². The molecule has 15 heavy (non-hydrogen) atoms. The summed E-state index contributed by atoms with van der Waals surface area (Å²) >= 11 is 0. The maximum atomic E-state index is 3.85. The SMILES string of the molecule is [CH2]CCC/C=C/[C@H]1C[C@@H]1c1ccccc1.